The van der Waals surface area contributed by atoms with Crippen LogP contribution in [0.25, 0.3) is 16.7 Å². The van der Waals surface area contributed by atoms with Crippen LogP contribution in [0, 0.1) is 0 Å². The van der Waals surface area contributed by atoms with Crippen LogP contribution in [0.1, 0.15) is 25.1 Å². The van der Waals surface area contributed by atoms with Gasteiger partial charge in [0, 0.05) is 11.1 Å². The van der Waals surface area contributed by atoms with Crippen molar-refractivity contribution < 1.29 is 0 Å². The Balaban J connectivity index is 2.10. The topological polar surface area (TPSA) is 42.7 Å². The van der Waals surface area contributed by atoms with Gasteiger partial charge in [-0.2, -0.15) is 4.98 Å². The van der Waals surface area contributed by atoms with Gasteiger partial charge in [0.2, 0.25) is 5.28 Å². The van der Waals surface area contributed by atoms with E-state index in [1.165, 1.54) is 11.1 Å². The first-order chi connectivity index (χ1) is 9.78. The molecule has 0 fully saturated rings. The van der Waals surface area contributed by atoms with Crippen molar-refractivity contribution in [2.24, 2.45) is 0 Å². The molecule has 100 valence electrons. The fraction of sp³-hybridized carbons (Fsp3) is 0.200. The molecule has 3 aromatic rings. The molecule has 20 heavy (non-hydrogen) atoms. The third-order valence-corrected chi connectivity index (χ3v) is 3.97. The maximum absolute atomic E-state index is 5.97. The average molecular weight is 285 g/mol. The Morgan fingerprint density at radius 3 is 3.05 bits per heavy atom. The maximum Gasteiger partial charge on any atom is 0.224 e. The lowest BCUT2D eigenvalue weighted by Gasteiger charge is -2.27. The first-order valence-electron chi connectivity index (χ1n) is 6.67. The van der Waals surface area contributed by atoms with E-state index in [1.807, 2.05) is 6.07 Å². The molecule has 0 spiro atoms. The molecular weight excluding hydrogens is 272 g/mol. The van der Waals surface area contributed by atoms with Gasteiger partial charge in [-0.05, 0) is 30.2 Å². The minimum atomic E-state index is 0.264. The van der Waals surface area contributed by atoms with Gasteiger partial charge in [-0.25, -0.2) is 4.98 Å². The van der Waals surface area contributed by atoms with E-state index >= 15 is 0 Å². The second-order valence-corrected chi connectivity index (χ2v) is 5.28. The molecule has 2 aromatic heterocycles. The minimum Gasteiger partial charge on any atom is -0.372 e. The van der Waals surface area contributed by atoms with Gasteiger partial charge in [-0.1, -0.05) is 25.1 Å². The van der Waals surface area contributed by atoms with Crippen LogP contribution >= 0.6 is 11.6 Å². The Hall–Kier alpha value is -2.07. The highest BCUT2D eigenvalue weighted by atomic mass is 35.5. The maximum atomic E-state index is 5.97. The number of rotatable bonds is 1. The SMILES string of the molecule is CCC1Nc2cnc(Cl)nc2-n2c1cc1ccccc12. The van der Waals surface area contributed by atoms with Gasteiger partial charge in [0.1, 0.15) is 0 Å². The number of benzene rings is 1. The lowest BCUT2D eigenvalue weighted by Crippen LogP contribution is -2.22. The molecule has 4 nitrogen and oxygen atoms in total. The second-order valence-electron chi connectivity index (χ2n) is 4.94. The number of nitrogens with one attached hydrogen (secondary N) is 1. The molecule has 0 radical (unpaired) electrons. The summed E-state index contributed by atoms with van der Waals surface area (Å²) < 4.78 is 2.18. The Morgan fingerprint density at radius 2 is 2.20 bits per heavy atom. The third-order valence-electron chi connectivity index (χ3n) is 3.79. The summed E-state index contributed by atoms with van der Waals surface area (Å²) in [6.07, 6.45) is 2.75. The van der Waals surface area contributed by atoms with Crippen LogP contribution in [0.5, 0.6) is 0 Å². The Kier molecular flexibility index (Phi) is 2.47. The summed E-state index contributed by atoms with van der Waals surface area (Å²) >= 11 is 5.97. The molecule has 1 unspecified atom stereocenters. The van der Waals surface area contributed by atoms with Crippen LogP contribution in [-0.2, 0) is 0 Å². The molecule has 1 aliphatic rings. The van der Waals surface area contributed by atoms with Crippen molar-refractivity contribution in [3.05, 3.63) is 47.5 Å². The van der Waals surface area contributed by atoms with E-state index in [1.54, 1.807) is 6.20 Å². The van der Waals surface area contributed by atoms with E-state index in [9.17, 15) is 0 Å². The number of nitrogens with zero attached hydrogens (tertiary/aromatic N) is 3. The van der Waals surface area contributed by atoms with E-state index in [-0.39, 0.29) is 11.3 Å². The van der Waals surface area contributed by atoms with Gasteiger partial charge in [-0.15, -0.1) is 0 Å². The third kappa shape index (κ3) is 1.55. The highest BCUT2D eigenvalue weighted by molar-refractivity contribution is 6.28. The molecule has 0 aliphatic carbocycles. The predicted molar refractivity (Wildman–Crippen MR) is 80.5 cm³/mol. The summed E-state index contributed by atoms with van der Waals surface area (Å²) in [5.74, 6) is 0.825. The number of aromatic nitrogens is 3. The van der Waals surface area contributed by atoms with Gasteiger partial charge >= 0.3 is 0 Å². The van der Waals surface area contributed by atoms with Crippen molar-refractivity contribution >= 4 is 28.2 Å². The average Bonchev–Trinajstić information content (AvgIpc) is 2.86. The molecule has 1 aromatic carbocycles. The van der Waals surface area contributed by atoms with E-state index in [0.29, 0.717) is 0 Å². The Morgan fingerprint density at radius 1 is 1.35 bits per heavy atom. The van der Waals surface area contributed by atoms with Crippen LogP contribution in [-0.4, -0.2) is 14.5 Å². The molecule has 0 bridgehead atoms. The minimum absolute atomic E-state index is 0.264. The van der Waals surface area contributed by atoms with Crippen molar-refractivity contribution in [1.29, 1.82) is 0 Å². The predicted octanol–water partition coefficient (Wildman–Crippen LogP) is 3.95. The van der Waals surface area contributed by atoms with Crippen LogP contribution in [0.15, 0.2) is 36.5 Å². The Bertz CT molecular complexity index is 809. The first-order valence-corrected chi connectivity index (χ1v) is 7.05. The number of halogens is 1. The highest BCUT2D eigenvalue weighted by Crippen LogP contribution is 2.38. The summed E-state index contributed by atoms with van der Waals surface area (Å²) in [6.45, 7) is 2.17. The fourth-order valence-electron chi connectivity index (χ4n) is 2.87. The quantitative estimate of drug-likeness (QED) is 0.688. The molecule has 1 atom stereocenters. The van der Waals surface area contributed by atoms with Crippen LogP contribution < -0.4 is 5.32 Å². The standard InChI is InChI=1S/C15H13ClN4/c1-2-10-13-7-9-5-3-4-6-12(9)20(13)14-11(18-10)8-17-15(16)19-14/h3-8,10,18H,2H2,1H3. The molecule has 1 N–H and O–H groups in total. The van der Waals surface area contributed by atoms with Crippen molar-refractivity contribution in [3.8, 4) is 5.82 Å². The highest BCUT2D eigenvalue weighted by Gasteiger charge is 2.26. The molecule has 1 aliphatic heterocycles. The van der Waals surface area contributed by atoms with Gasteiger partial charge in [0.25, 0.3) is 0 Å². The molecule has 0 saturated carbocycles. The normalized spacial score (nSPS) is 16.6. The first kappa shape index (κ1) is 11.7. The number of fused-ring (bicyclic) bond motifs is 5. The lowest BCUT2D eigenvalue weighted by molar-refractivity contribution is 0.682. The van der Waals surface area contributed by atoms with Crippen LogP contribution in [0.2, 0.25) is 5.28 Å². The fourth-order valence-corrected chi connectivity index (χ4v) is 2.99. The van der Waals surface area contributed by atoms with Gasteiger partial charge in [0.15, 0.2) is 5.82 Å². The van der Waals surface area contributed by atoms with Crippen LogP contribution in [0.4, 0.5) is 5.69 Å². The van der Waals surface area contributed by atoms with E-state index in [4.69, 9.17) is 11.6 Å². The molecule has 3 heterocycles. The van der Waals surface area contributed by atoms with E-state index in [2.05, 4.69) is 51.0 Å². The molecule has 4 rings (SSSR count). The van der Waals surface area contributed by atoms with Crippen molar-refractivity contribution in [3.63, 3.8) is 0 Å². The zero-order chi connectivity index (χ0) is 13.7. The van der Waals surface area contributed by atoms with Gasteiger partial charge in [0.05, 0.1) is 23.4 Å². The molecule has 0 saturated heterocycles. The summed E-state index contributed by atoms with van der Waals surface area (Å²) in [5, 5.41) is 4.97. The van der Waals surface area contributed by atoms with Gasteiger partial charge in [-0.3, -0.25) is 4.57 Å². The number of anilines is 1. The van der Waals surface area contributed by atoms with Crippen LogP contribution in [0.3, 0.4) is 0 Å². The van der Waals surface area contributed by atoms with E-state index < -0.39 is 0 Å². The molecular formula is C15H13ClN4. The summed E-state index contributed by atoms with van der Waals surface area (Å²) in [4.78, 5) is 8.48. The zero-order valence-corrected chi connectivity index (χ0v) is 11.7. The molecule has 5 heteroatoms. The van der Waals surface area contributed by atoms with Gasteiger partial charge < -0.3 is 5.32 Å². The van der Waals surface area contributed by atoms with E-state index in [0.717, 1.165) is 23.4 Å². The number of hydrogen-bond donors (Lipinski definition) is 1. The monoisotopic (exact) mass is 284 g/mol. The number of hydrogen-bond acceptors (Lipinski definition) is 3. The van der Waals surface area contributed by atoms with Crippen molar-refractivity contribution in [1.82, 2.24) is 14.5 Å². The lowest BCUT2D eigenvalue weighted by atomic mass is 10.1. The Labute approximate surface area is 121 Å². The van der Waals surface area contributed by atoms with Crippen molar-refractivity contribution in [2.75, 3.05) is 5.32 Å². The summed E-state index contributed by atoms with van der Waals surface area (Å²) in [7, 11) is 0. The summed E-state index contributed by atoms with van der Waals surface area (Å²) in [6, 6.07) is 10.8. The smallest absolute Gasteiger partial charge is 0.224 e. The summed E-state index contributed by atoms with van der Waals surface area (Å²) in [5.41, 5.74) is 3.30. The van der Waals surface area contributed by atoms with Crippen molar-refractivity contribution in [2.45, 2.75) is 19.4 Å². The number of para-hydroxylation sites is 1. The second kappa shape index (κ2) is 4.21. The zero-order valence-electron chi connectivity index (χ0n) is 11.0. The molecule has 0 amide bonds. The largest absolute Gasteiger partial charge is 0.372 e.